The Morgan fingerprint density at radius 1 is 0.932 bits per heavy atom. The number of hydrogen-bond acceptors (Lipinski definition) is 13. The molecule has 6 N–H and O–H groups in total. The number of anilines is 5. The molecule has 0 bridgehead atoms. The van der Waals surface area contributed by atoms with Gasteiger partial charge in [-0.1, -0.05) is 18.2 Å². The van der Waals surface area contributed by atoms with Crippen molar-refractivity contribution in [2.24, 2.45) is 4.99 Å². The van der Waals surface area contributed by atoms with Crippen molar-refractivity contribution in [3.8, 4) is 23.0 Å². The molecule has 1 unspecified atom stereocenters. The zero-order chi connectivity index (χ0) is 30.4. The van der Waals surface area contributed by atoms with Gasteiger partial charge in [0.2, 0.25) is 18.0 Å². The quantitative estimate of drug-likeness (QED) is 0.180. The van der Waals surface area contributed by atoms with Crippen LogP contribution in [0.15, 0.2) is 59.6 Å². The fourth-order valence-corrected chi connectivity index (χ4v) is 5.42. The molecule has 0 aliphatic carbocycles. The highest BCUT2D eigenvalue weighted by atomic mass is 35.5. The fraction of sp³-hybridized carbons (Fsp3) is 0.167. The van der Waals surface area contributed by atoms with Crippen LogP contribution in [0.25, 0.3) is 10.9 Å². The van der Waals surface area contributed by atoms with Crippen LogP contribution in [0.4, 0.5) is 34.8 Å². The molecule has 13 nitrogen and oxygen atoms in total. The molecule has 0 fully saturated rings. The maximum atomic E-state index is 6.30. The number of ether oxygens (including phenoxy) is 4. The van der Waals surface area contributed by atoms with Crippen LogP contribution in [0.2, 0.25) is 5.28 Å². The van der Waals surface area contributed by atoms with E-state index in [1.54, 1.807) is 26.4 Å². The number of nitrogen functional groups attached to an aromatic ring is 2. The van der Waals surface area contributed by atoms with Crippen LogP contribution in [-0.4, -0.2) is 46.7 Å². The van der Waals surface area contributed by atoms with Gasteiger partial charge in [-0.25, -0.2) is 9.98 Å². The summed E-state index contributed by atoms with van der Waals surface area (Å²) in [5.74, 6) is 3.59. The zero-order valence-electron chi connectivity index (χ0n) is 23.6. The molecule has 5 aromatic rings. The average Bonchev–Trinajstić information content (AvgIpc) is 3.40. The number of hydrogen-bond donors (Lipinski definition) is 4. The van der Waals surface area contributed by atoms with Crippen LogP contribution < -0.4 is 41.0 Å². The summed E-state index contributed by atoms with van der Waals surface area (Å²) in [6.45, 7) is 0.180. The van der Waals surface area contributed by atoms with E-state index in [1.807, 2.05) is 42.5 Å². The molecule has 0 saturated heterocycles. The lowest BCUT2D eigenvalue weighted by atomic mass is 9.97. The van der Waals surface area contributed by atoms with Crippen molar-refractivity contribution in [2.45, 2.75) is 12.5 Å². The van der Waals surface area contributed by atoms with E-state index in [2.05, 4.69) is 30.6 Å². The lowest BCUT2D eigenvalue weighted by Crippen LogP contribution is -2.15. The second-order valence-corrected chi connectivity index (χ2v) is 10.3. The highest BCUT2D eigenvalue weighted by Gasteiger charge is 2.26. The first kappa shape index (κ1) is 27.3. The Morgan fingerprint density at radius 2 is 1.75 bits per heavy atom. The molecule has 2 aliphatic rings. The van der Waals surface area contributed by atoms with Gasteiger partial charge in [-0.3, -0.25) is 0 Å². The lowest BCUT2D eigenvalue weighted by Gasteiger charge is -2.19. The Balaban J connectivity index is 1.28. The largest absolute Gasteiger partial charge is 0.493 e. The monoisotopic (exact) mass is 611 g/mol. The van der Waals surface area contributed by atoms with Gasteiger partial charge in [0, 0.05) is 23.6 Å². The van der Waals surface area contributed by atoms with Gasteiger partial charge in [-0.05, 0) is 53.1 Å². The number of nitrogens with two attached hydrogens (primary N) is 2. The van der Waals surface area contributed by atoms with Crippen LogP contribution in [0.3, 0.4) is 0 Å². The Bertz CT molecular complexity index is 1970. The molecule has 2 aromatic heterocycles. The lowest BCUT2D eigenvalue weighted by molar-refractivity contribution is 0.174. The Labute approximate surface area is 256 Å². The third-order valence-electron chi connectivity index (χ3n) is 7.31. The summed E-state index contributed by atoms with van der Waals surface area (Å²) in [6.07, 6.45) is 0.484. The number of aromatic nitrogens is 4. The third-order valence-corrected chi connectivity index (χ3v) is 7.48. The van der Waals surface area contributed by atoms with Crippen molar-refractivity contribution in [3.05, 3.63) is 71.0 Å². The van der Waals surface area contributed by atoms with Gasteiger partial charge in [0.15, 0.2) is 34.6 Å². The molecule has 4 heterocycles. The smallest absolute Gasteiger partial charge is 0.231 e. The molecule has 2 aliphatic heterocycles. The summed E-state index contributed by atoms with van der Waals surface area (Å²) in [6, 6.07) is 16.9. The molecule has 0 radical (unpaired) electrons. The van der Waals surface area contributed by atoms with E-state index in [0.29, 0.717) is 57.6 Å². The van der Waals surface area contributed by atoms with Gasteiger partial charge in [0.25, 0.3) is 0 Å². The van der Waals surface area contributed by atoms with Crippen molar-refractivity contribution in [2.75, 3.05) is 43.1 Å². The number of fused-ring (bicyclic) bond motifs is 3. The van der Waals surface area contributed by atoms with Crippen LogP contribution >= 0.6 is 11.6 Å². The molecular weight excluding hydrogens is 586 g/mol. The molecule has 0 amide bonds. The van der Waals surface area contributed by atoms with E-state index in [4.69, 9.17) is 47.0 Å². The minimum absolute atomic E-state index is 0.0491. The average molecular weight is 612 g/mol. The van der Waals surface area contributed by atoms with Gasteiger partial charge in [0.1, 0.15) is 11.5 Å². The molecule has 0 spiro atoms. The molecule has 3 aromatic carbocycles. The second-order valence-electron chi connectivity index (χ2n) is 10.0. The highest BCUT2D eigenvalue weighted by molar-refractivity contribution is 6.29. The minimum Gasteiger partial charge on any atom is -0.493 e. The van der Waals surface area contributed by atoms with E-state index in [0.717, 1.165) is 22.5 Å². The van der Waals surface area contributed by atoms with E-state index in [9.17, 15) is 0 Å². The number of benzene rings is 3. The predicted octanol–water partition coefficient (Wildman–Crippen LogP) is 5.40. The summed E-state index contributed by atoms with van der Waals surface area (Å²) in [7, 11) is 3.13. The zero-order valence-corrected chi connectivity index (χ0v) is 24.3. The number of halogens is 1. The Kier molecular flexibility index (Phi) is 6.78. The van der Waals surface area contributed by atoms with Crippen molar-refractivity contribution in [3.63, 3.8) is 0 Å². The normalized spacial score (nSPS) is 15.2. The van der Waals surface area contributed by atoms with Gasteiger partial charge in [-0.15, -0.1) is 0 Å². The topological polar surface area (TPSA) is 177 Å². The summed E-state index contributed by atoms with van der Waals surface area (Å²) < 4.78 is 22.1. The number of methoxy groups -OCH3 is 2. The summed E-state index contributed by atoms with van der Waals surface area (Å²) in [5, 5.41) is 7.63. The number of nitrogens with zero attached hydrogens (tertiary/aromatic N) is 5. The Morgan fingerprint density at radius 3 is 2.59 bits per heavy atom. The highest BCUT2D eigenvalue weighted by Crippen LogP contribution is 2.41. The first-order valence-electron chi connectivity index (χ1n) is 13.5. The van der Waals surface area contributed by atoms with Gasteiger partial charge in [-0.2, -0.15) is 15.0 Å². The van der Waals surface area contributed by atoms with Crippen LogP contribution in [0, 0.1) is 0 Å². The van der Waals surface area contributed by atoms with E-state index < -0.39 is 0 Å². The van der Waals surface area contributed by atoms with Gasteiger partial charge >= 0.3 is 0 Å². The standard InChI is InChI=1S/C30H26ClN9O4/c1-41-22-10-17-20(12-23(22)42-2)37-29(31)39-27(17)34-16-5-3-4-14(8-16)18-11-19(15-6-7-21-24(9-15)44-13-43-21)36-28-25(35-18)26(32)38-30(33)40-28/h3-10,12,19H,11,13H2,1-2H3,(H,34,37,39)(H5,32,33,36,38,40). The first-order valence-corrected chi connectivity index (χ1v) is 13.9. The maximum absolute atomic E-state index is 6.30. The first-order chi connectivity index (χ1) is 21.4. The van der Waals surface area contributed by atoms with Crippen LogP contribution in [-0.2, 0) is 0 Å². The fourth-order valence-electron chi connectivity index (χ4n) is 5.24. The van der Waals surface area contributed by atoms with Gasteiger partial charge < -0.3 is 41.0 Å². The van der Waals surface area contributed by atoms with Crippen LogP contribution in [0.1, 0.15) is 23.6 Å². The number of nitrogens with one attached hydrogen (secondary N) is 2. The third kappa shape index (κ3) is 5.02. The molecule has 1 atom stereocenters. The second kappa shape index (κ2) is 10.9. The minimum atomic E-state index is -0.248. The summed E-state index contributed by atoms with van der Waals surface area (Å²) in [5.41, 5.74) is 16.5. The molecule has 222 valence electrons. The number of rotatable bonds is 6. The van der Waals surface area contributed by atoms with Crippen LogP contribution in [0.5, 0.6) is 23.0 Å². The van der Waals surface area contributed by atoms with Crippen molar-refractivity contribution in [1.82, 2.24) is 19.9 Å². The van der Waals surface area contributed by atoms with E-state index >= 15 is 0 Å². The van der Waals surface area contributed by atoms with E-state index in [-0.39, 0.29) is 29.9 Å². The Hall–Kier alpha value is -5.56. The predicted molar refractivity (Wildman–Crippen MR) is 168 cm³/mol. The van der Waals surface area contributed by atoms with Crippen molar-refractivity contribution in [1.29, 1.82) is 0 Å². The van der Waals surface area contributed by atoms with Crippen molar-refractivity contribution >= 4 is 63.0 Å². The number of aliphatic imine (C=N–C) groups is 1. The summed E-state index contributed by atoms with van der Waals surface area (Å²) in [4.78, 5) is 22.3. The summed E-state index contributed by atoms with van der Waals surface area (Å²) >= 11 is 6.30. The SMILES string of the molecule is COc1cc2nc(Cl)nc(Nc3cccc(C4=Nc5c(N)nc(N)nc5NC(c5ccc6c(c5)OCO6)C4)c3)c2cc1OC. The molecule has 7 rings (SSSR count). The van der Waals surface area contributed by atoms with Gasteiger partial charge in [0.05, 0.1) is 31.5 Å². The molecule has 44 heavy (non-hydrogen) atoms. The molecule has 0 saturated carbocycles. The molecule has 14 heteroatoms. The molecular formula is C30H26ClN9O4. The van der Waals surface area contributed by atoms with Crippen molar-refractivity contribution < 1.29 is 18.9 Å². The maximum Gasteiger partial charge on any atom is 0.231 e. The van der Waals surface area contributed by atoms with E-state index in [1.165, 1.54) is 0 Å².